The maximum atomic E-state index is 7.43. The summed E-state index contributed by atoms with van der Waals surface area (Å²) >= 11 is 3.45. The second-order valence-corrected chi connectivity index (χ2v) is 5.33. The summed E-state index contributed by atoms with van der Waals surface area (Å²) in [7, 11) is 2.08. The second-order valence-electron chi connectivity index (χ2n) is 4.47. The number of benzene rings is 1. The van der Waals surface area contributed by atoms with Gasteiger partial charge in [-0.3, -0.25) is 5.41 Å². The third kappa shape index (κ3) is 3.73. The van der Waals surface area contributed by atoms with E-state index in [1.165, 1.54) is 6.42 Å². The van der Waals surface area contributed by atoms with Crippen LogP contribution in [0.5, 0.6) is 0 Å². The predicted octanol–water partition coefficient (Wildman–Crippen LogP) is 3.22. The van der Waals surface area contributed by atoms with E-state index in [0.717, 1.165) is 22.3 Å². The minimum absolute atomic E-state index is 0.0907. The molecular formula is C13H20BrN3. The van der Waals surface area contributed by atoms with Crippen LogP contribution in [0.4, 0.5) is 5.69 Å². The van der Waals surface area contributed by atoms with Crippen molar-refractivity contribution in [3.63, 3.8) is 0 Å². The molecule has 0 saturated heterocycles. The molecule has 0 fully saturated rings. The van der Waals surface area contributed by atoms with E-state index in [0.29, 0.717) is 5.92 Å². The van der Waals surface area contributed by atoms with Gasteiger partial charge in [-0.25, -0.2) is 0 Å². The van der Waals surface area contributed by atoms with Crippen molar-refractivity contribution >= 4 is 27.5 Å². The van der Waals surface area contributed by atoms with E-state index in [-0.39, 0.29) is 5.84 Å². The molecular weight excluding hydrogens is 278 g/mol. The van der Waals surface area contributed by atoms with Gasteiger partial charge in [0.1, 0.15) is 5.84 Å². The van der Waals surface area contributed by atoms with Gasteiger partial charge in [0.2, 0.25) is 0 Å². The Morgan fingerprint density at radius 3 is 2.65 bits per heavy atom. The van der Waals surface area contributed by atoms with E-state index >= 15 is 0 Å². The Kier molecular flexibility index (Phi) is 5.00. The lowest BCUT2D eigenvalue weighted by Crippen LogP contribution is -2.23. The first-order valence-electron chi connectivity index (χ1n) is 5.80. The van der Waals surface area contributed by atoms with Crippen molar-refractivity contribution < 1.29 is 0 Å². The van der Waals surface area contributed by atoms with Crippen LogP contribution in [-0.2, 0) is 0 Å². The number of nitrogens with one attached hydrogen (secondary N) is 1. The van der Waals surface area contributed by atoms with E-state index in [2.05, 4.69) is 41.7 Å². The van der Waals surface area contributed by atoms with E-state index in [9.17, 15) is 0 Å². The highest BCUT2D eigenvalue weighted by Crippen LogP contribution is 2.24. The average Bonchev–Trinajstić information content (AvgIpc) is 2.28. The first-order chi connectivity index (χ1) is 7.95. The van der Waals surface area contributed by atoms with Crippen molar-refractivity contribution in [1.29, 1.82) is 5.41 Å². The molecule has 3 nitrogen and oxygen atoms in total. The third-order valence-corrected chi connectivity index (χ3v) is 3.62. The first kappa shape index (κ1) is 14.0. The minimum atomic E-state index is 0.0907. The van der Waals surface area contributed by atoms with Crippen LogP contribution in [0.1, 0.15) is 25.8 Å². The van der Waals surface area contributed by atoms with Gasteiger partial charge < -0.3 is 10.6 Å². The molecule has 0 amide bonds. The fourth-order valence-electron chi connectivity index (χ4n) is 1.66. The summed E-state index contributed by atoms with van der Waals surface area (Å²) in [6.07, 6.45) is 1.18. The largest absolute Gasteiger partial charge is 0.384 e. The summed E-state index contributed by atoms with van der Waals surface area (Å²) < 4.78 is 0.874. The number of anilines is 1. The number of nitrogens with two attached hydrogens (primary N) is 1. The Labute approximate surface area is 112 Å². The summed E-state index contributed by atoms with van der Waals surface area (Å²) in [5.41, 5.74) is 7.36. The zero-order valence-corrected chi connectivity index (χ0v) is 12.2. The highest BCUT2D eigenvalue weighted by Gasteiger charge is 2.09. The fraction of sp³-hybridized carbons (Fsp3) is 0.462. The zero-order chi connectivity index (χ0) is 13.0. The van der Waals surface area contributed by atoms with Gasteiger partial charge in [-0.05, 0) is 40.0 Å². The van der Waals surface area contributed by atoms with Crippen molar-refractivity contribution in [1.82, 2.24) is 0 Å². The third-order valence-electron chi connectivity index (χ3n) is 2.97. The molecule has 1 unspecified atom stereocenters. The molecule has 0 saturated carbocycles. The van der Waals surface area contributed by atoms with Crippen LogP contribution in [0.15, 0.2) is 22.7 Å². The van der Waals surface area contributed by atoms with E-state index in [4.69, 9.17) is 11.1 Å². The molecule has 0 aliphatic carbocycles. The summed E-state index contributed by atoms with van der Waals surface area (Å²) in [4.78, 5) is 2.23. The van der Waals surface area contributed by atoms with Gasteiger partial charge >= 0.3 is 0 Å². The van der Waals surface area contributed by atoms with E-state index in [1.807, 2.05) is 18.2 Å². The highest BCUT2D eigenvalue weighted by molar-refractivity contribution is 9.10. The molecule has 0 heterocycles. The van der Waals surface area contributed by atoms with Crippen LogP contribution >= 0.6 is 15.9 Å². The highest BCUT2D eigenvalue weighted by atomic mass is 79.9. The molecule has 0 bridgehead atoms. The molecule has 1 aromatic carbocycles. The molecule has 1 aromatic rings. The standard InChI is InChI=1S/C13H20BrN3/c1-4-9(2)8-17(3)10-5-6-11(13(15)16)12(14)7-10/h5-7,9H,4,8H2,1-3H3,(H3,15,16). The molecule has 4 heteroatoms. The van der Waals surface area contributed by atoms with Gasteiger partial charge in [0.25, 0.3) is 0 Å². The smallest absolute Gasteiger partial charge is 0.123 e. The molecule has 0 aliphatic heterocycles. The van der Waals surface area contributed by atoms with Crippen molar-refractivity contribution in [3.8, 4) is 0 Å². The van der Waals surface area contributed by atoms with E-state index in [1.54, 1.807) is 0 Å². The number of halogens is 1. The Morgan fingerprint density at radius 1 is 1.53 bits per heavy atom. The van der Waals surface area contributed by atoms with Gasteiger partial charge in [-0.2, -0.15) is 0 Å². The molecule has 3 N–H and O–H groups in total. The fourth-order valence-corrected chi connectivity index (χ4v) is 2.24. The first-order valence-corrected chi connectivity index (χ1v) is 6.60. The van der Waals surface area contributed by atoms with Gasteiger partial charge in [0.05, 0.1) is 0 Å². The lowest BCUT2D eigenvalue weighted by molar-refractivity contribution is 0.560. The summed E-state index contributed by atoms with van der Waals surface area (Å²) in [6.45, 7) is 5.48. The number of nitrogen functional groups attached to an aromatic ring is 1. The molecule has 94 valence electrons. The number of amidine groups is 1. The molecule has 0 spiro atoms. The molecule has 0 aliphatic rings. The lowest BCUT2D eigenvalue weighted by Gasteiger charge is -2.23. The van der Waals surface area contributed by atoms with Gasteiger partial charge in [-0.15, -0.1) is 0 Å². The topological polar surface area (TPSA) is 53.1 Å². The van der Waals surface area contributed by atoms with Gasteiger partial charge in [0, 0.05) is 29.3 Å². The lowest BCUT2D eigenvalue weighted by atomic mass is 10.1. The molecule has 1 atom stereocenters. The SMILES string of the molecule is CCC(C)CN(C)c1ccc(C(=N)N)c(Br)c1. The Balaban J connectivity index is 2.86. The number of nitrogens with zero attached hydrogens (tertiary/aromatic N) is 1. The van der Waals surface area contributed by atoms with Gasteiger partial charge in [-0.1, -0.05) is 20.3 Å². The quantitative estimate of drug-likeness (QED) is 0.648. The predicted molar refractivity (Wildman–Crippen MR) is 77.9 cm³/mol. The van der Waals surface area contributed by atoms with Crippen LogP contribution in [0.3, 0.4) is 0 Å². The average molecular weight is 298 g/mol. The maximum absolute atomic E-state index is 7.43. The molecule has 17 heavy (non-hydrogen) atoms. The van der Waals surface area contributed by atoms with Crippen molar-refractivity contribution in [2.45, 2.75) is 20.3 Å². The monoisotopic (exact) mass is 297 g/mol. The minimum Gasteiger partial charge on any atom is -0.384 e. The molecule has 0 radical (unpaired) electrons. The number of rotatable bonds is 5. The molecule has 1 rings (SSSR count). The summed E-state index contributed by atoms with van der Waals surface area (Å²) in [5.74, 6) is 0.763. The summed E-state index contributed by atoms with van der Waals surface area (Å²) in [5, 5.41) is 7.43. The number of hydrogen-bond donors (Lipinski definition) is 2. The van der Waals surface area contributed by atoms with Crippen LogP contribution in [0.2, 0.25) is 0 Å². The van der Waals surface area contributed by atoms with Crippen LogP contribution < -0.4 is 10.6 Å². The maximum Gasteiger partial charge on any atom is 0.123 e. The molecule has 0 aromatic heterocycles. The second kappa shape index (κ2) is 6.05. The normalized spacial score (nSPS) is 12.2. The summed E-state index contributed by atoms with van der Waals surface area (Å²) in [6, 6.07) is 5.90. The van der Waals surface area contributed by atoms with Crippen LogP contribution in [0.25, 0.3) is 0 Å². The van der Waals surface area contributed by atoms with Crippen LogP contribution in [0, 0.1) is 11.3 Å². The Morgan fingerprint density at radius 2 is 2.18 bits per heavy atom. The van der Waals surface area contributed by atoms with Crippen molar-refractivity contribution in [3.05, 3.63) is 28.2 Å². The van der Waals surface area contributed by atoms with Gasteiger partial charge in [0.15, 0.2) is 0 Å². The van der Waals surface area contributed by atoms with Crippen LogP contribution in [-0.4, -0.2) is 19.4 Å². The Hall–Kier alpha value is -1.03. The number of hydrogen-bond acceptors (Lipinski definition) is 2. The van der Waals surface area contributed by atoms with Crippen molar-refractivity contribution in [2.24, 2.45) is 11.7 Å². The Bertz CT molecular complexity index is 404. The zero-order valence-electron chi connectivity index (χ0n) is 10.6. The van der Waals surface area contributed by atoms with Crippen molar-refractivity contribution in [2.75, 3.05) is 18.5 Å². The van der Waals surface area contributed by atoms with E-state index < -0.39 is 0 Å².